The summed E-state index contributed by atoms with van der Waals surface area (Å²) in [5, 5.41) is 12.9. The molecule has 0 saturated heterocycles. The Bertz CT molecular complexity index is 390. The van der Waals surface area contributed by atoms with Gasteiger partial charge in [-0.15, -0.1) is 0 Å². The van der Waals surface area contributed by atoms with Crippen LogP contribution in [0.15, 0.2) is 12.4 Å². The van der Waals surface area contributed by atoms with E-state index in [1.165, 1.54) is 0 Å². The third-order valence-corrected chi connectivity index (χ3v) is 3.09. The summed E-state index contributed by atoms with van der Waals surface area (Å²) in [5.74, 6) is 0. The molecule has 5 nitrogen and oxygen atoms in total. The van der Waals surface area contributed by atoms with Crippen LogP contribution in [0.5, 0.6) is 0 Å². The number of hydrogen-bond acceptors (Lipinski definition) is 4. The SMILES string of the molecule is CC(N)C(c1cnn(C)c1)N(C)C(C)CC#N. The van der Waals surface area contributed by atoms with E-state index in [1.807, 2.05) is 40.3 Å². The minimum absolute atomic E-state index is 0.00894. The fourth-order valence-corrected chi connectivity index (χ4v) is 2.05. The van der Waals surface area contributed by atoms with Crippen LogP contribution in [-0.2, 0) is 7.05 Å². The van der Waals surface area contributed by atoms with Gasteiger partial charge in [-0.2, -0.15) is 10.4 Å². The Morgan fingerprint density at radius 3 is 2.65 bits per heavy atom. The highest BCUT2D eigenvalue weighted by Gasteiger charge is 2.25. The molecule has 5 heteroatoms. The maximum Gasteiger partial charge on any atom is 0.0638 e. The first-order chi connectivity index (χ1) is 7.97. The van der Waals surface area contributed by atoms with Gasteiger partial charge in [0.05, 0.1) is 24.7 Å². The molecule has 0 fully saturated rings. The van der Waals surface area contributed by atoms with Crippen molar-refractivity contribution in [2.45, 2.75) is 38.4 Å². The van der Waals surface area contributed by atoms with Gasteiger partial charge in [-0.25, -0.2) is 0 Å². The van der Waals surface area contributed by atoms with Crippen LogP contribution in [0.4, 0.5) is 0 Å². The zero-order chi connectivity index (χ0) is 13.0. The highest BCUT2D eigenvalue weighted by Crippen LogP contribution is 2.24. The van der Waals surface area contributed by atoms with Gasteiger partial charge in [0.15, 0.2) is 0 Å². The second kappa shape index (κ2) is 5.80. The smallest absolute Gasteiger partial charge is 0.0638 e. The van der Waals surface area contributed by atoms with E-state index < -0.39 is 0 Å². The number of nitriles is 1. The Hall–Kier alpha value is -1.38. The lowest BCUT2D eigenvalue weighted by atomic mass is 10.0. The number of aromatic nitrogens is 2. The van der Waals surface area contributed by atoms with Crippen molar-refractivity contribution in [3.05, 3.63) is 18.0 Å². The zero-order valence-electron chi connectivity index (χ0n) is 11.0. The molecule has 0 aliphatic carbocycles. The average molecular weight is 235 g/mol. The van der Waals surface area contributed by atoms with Gasteiger partial charge in [-0.05, 0) is 20.9 Å². The second-order valence-electron chi connectivity index (χ2n) is 4.63. The lowest BCUT2D eigenvalue weighted by molar-refractivity contribution is 0.167. The molecular weight excluding hydrogens is 214 g/mol. The van der Waals surface area contributed by atoms with Gasteiger partial charge in [0.1, 0.15) is 0 Å². The van der Waals surface area contributed by atoms with Crippen LogP contribution >= 0.6 is 0 Å². The van der Waals surface area contributed by atoms with Crippen LogP contribution in [0.25, 0.3) is 0 Å². The molecule has 3 unspecified atom stereocenters. The van der Waals surface area contributed by atoms with Crippen molar-refractivity contribution in [2.24, 2.45) is 12.8 Å². The number of nitrogens with zero attached hydrogens (tertiary/aromatic N) is 4. The molecule has 0 aromatic carbocycles. The van der Waals surface area contributed by atoms with E-state index in [0.29, 0.717) is 6.42 Å². The van der Waals surface area contributed by atoms with Crippen molar-refractivity contribution in [2.75, 3.05) is 7.05 Å². The van der Waals surface area contributed by atoms with E-state index in [0.717, 1.165) is 5.56 Å². The van der Waals surface area contributed by atoms with E-state index in [9.17, 15) is 0 Å². The van der Waals surface area contributed by atoms with E-state index in [4.69, 9.17) is 11.0 Å². The molecule has 0 bridgehead atoms. The average Bonchev–Trinajstić information content (AvgIpc) is 2.64. The minimum atomic E-state index is -0.00894. The van der Waals surface area contributed by atoms with Gasteiger partial charge in [-0.1, -0.05) is 0 Å². The minimum Gasteiger partial charge on any atom is -0.326 e. The Kier molecular flexibility index (Phi) is 4.67. The van der Waals surface area contributed by atoms with Crippen molar-refractivity contribution in [1.29, 1.82) is 5.26 Å². The summed E-state index contributed by atoms with van der Waals surface area (Å²) >= 11 is 0. The molecule has 0 aliphatic rings. The molecule has 1 aromatic heterocycles. The molecular formula is C12H21N5. The van der Waals surface area contributed by atoms with Gasteiger partial charge in [0.2, 0.25) is 0 Å². The monoisotopic (exact) mass is 235 g/mol. The Labute approximate surface area is 103 Å². The molecule has 0 radical (unpaired) electrons. The Morgan fingerprint density at radius 1 is 1.59 bits per heavy atom. The number of likely N-dealkylation sites (N-methyl/N-ethyl adjacent to an activating group) is 1. The lowest BCUT2D eigenvalue weighted by Crippen LogP contribution is -2.41. The highest BCUT2D eigenvalue weighted by molar-refractivity contribution is 5.13. The zero-order valence-corrected chi connectivity index (χ0v) is 11.0. The van der Waals surface area contributed by atoms with Gasteiger partial charge < -0.3 is 5.73 Å². The first-order valence-corrected chi connectivity index (χ1v) is 5.80. The summed E-state index contributed by atoms with van der Waals surface area (Å²) in [6, 6.07) is 2.45. The van der Waals surface area contributed by atoms with Crippen LogP contribution in [0.3, 0.4) is 0 Å². The first kappa shape index (κ1) is 13.7. The van der Waals surface area contributed by atoms with E-state index in [-0.39, 0.29) is 18.1 Å². The molecule has 17 heavy (non-hydrogen) atoms. The number of hydrogen-bond donors (Lipinski definition) is 1. The largest absolute Gasteiger partial charge is 0.326 e. The summed E-state index contributed by atoms with van der Waals surface area (Å²) in [6.45, 7) is 4.02. The van der Waals surface area contributed by atoms with Crippen LogP contribution in [0.1, 0.15) is 31.9 Å². The van der Waals surface area contributed by atoms with Crippen LogP contribution in [-0.4, -0.2) is 33.8 Å². The maximum absolute atomic E-state index is 8.76. The fraction of sp³-hybridized carbons (Fsp3) is 0.667. The topological polar surface area (TPSA) is 70.9 Å². The molecule has 0 saturated carbocycles. The molecule has 1 aromatic rings. The molecule has 3 atom stereocenters. The third-order valence-electron chi connectivity index (χ3n) is 3.09. The van der Waals surface area contributed by atoms with Crippen LogP contribution in [0, 0.1) is 11.3 Å². The Balaban J connectivity index is 2.90. The fourth-order valence-electron chi connectivity index (χ4n) is 2.05. The van der Waals surface area contributed by atoms with Gasteiger partial charge in [-0.3, -0.25) is 9.58 Å². The molecule has 2 N–H and O–H groups in total. The summed E-state index contributed by atoms with van der Waals surface area (Å²) in [4.78, 5) is 2.14. The van der Waals surface area contributed by atoms with Crippen molar-refractivity contribution < 1.29 is 0 Å². The number of rotatable bonds is 5. The van der Waals surface area contributed by atoms with Gasteiger partial charge in [0.25, 0.3) is 0 Å². The predicted octanol–water partition coefficient (Wildman–Crippen LogP) is 1.04. The molecule has 1 heterocycles. The maximum atomic E-state index is 8.76. The molecule has 1 rings (SSSR count). The van der Waals surface area contributed by atoms with Gasteiger partial charge >= 0.3 is 0 Å². The van der Waals surface area contributed by atoms with E-state index in [1.54, 1.807) is 4.68 Å². The predicted molar refractivity (Wildman–Crippen MR) is 67.1 cm³/mol. The quantitative estimate of drug-likeness (QED) is 0.828. The van der Waals surface area contributed by atoms with Crippen LogP contribution in [0.2, 0.25) is 0 Å². The van der Waals surface area contributed by atoms with Crippen molar-refractivity contribution >= 4 is 0 Å². The Morgan fingerprint density at radius 2 is 2.24 bits per heavy atom. The second-order valence-corrected chi connectivity index (χ2v) is 4.63. The summed E-state index contributed by atoms with van der Waals surface area (Å²) in [5.41, 5.74) is 7.14. The third kappa shape index (κ3) is 3.29. The van der Waals surface area contributed by atoms with E-state index in [2.05, 4.69) is 16.1 Å². The normalized spacial score (nSPS) is 16.5. The van der Waals surface area contributed by atoms with Crippen LogP contribution < -0.4 is 5.73 Å². The van der Waals surface area contributed by atoms with E-state index >= 15 is 0 Å². The molecule has 94 valence electrons. The van der Waals surface area contributed by atoms with Crippen molar-refractivity contribution in [3.8, 4) is 6.07 Å². The molecule has 0 amide bonds. The molecule has 0 aliphatic heterocycles. The van der Waals surface area contributed by atoms with Crippen molar-refractivity contribution in [1.82, 2.24) is 14.7 Å². The summed E-state index contributed by atoms with van der Waals surface area (Å²) in [6.07, 6.45) is 4.31. The summed E-state index contributed by atoms with van der Waals surface area (Å²) in [7, 11) is 3.89. The molecule has 0 spiro atoms. The first-order valence-electron chi connectivity index (χ1n) is 5.80. The standard InChI is InChI=1S/C12H21N5/c1-9(5-6-13)17(4)12(10(2)14)11-7-15-16(3)8-11/h7-10,12H,5,14H2,1-4H3. The summed E-state index contributed by atoms with van der Waals surface area (Å²) < 4.78 is 1.77. The lowest BCUT2D eigenvalue weighted by Gasteiger charge is -2.34. The highest BCUT2D eigenvalue weighted by atomic mass is 15.3. The number of nitrogens with two attached hydrogens (primary N) is 1. The number of aryl methyl sites for hydroxylation is 1. The van der Waals surface area contributed by atoms with Crippen molar-refractivity contribution in [3.63, 3.8) is 0 Å². The van der Waals surface area contributed by atoms with Gasteiger partial charge in [0, 0.05) is 30.9 Å².